The highest BCUT2D eigenvalue weighted by atomic mass is 16.4. The van der Waals surface area contributed by atoms with Gasteiger partial charge in [-0.05, 0) is 0 Å². The quantitative estimate of drug-likeness (QED) is 0.588. The lowest BCUT2D eigenvalue weighted by Gasteiger charge is -1.93. The van der Waals surface area contributed by atoms with Gasteiger partial charge in [0.05, 0.1) is 6.42 Å². The summed E-state index contributed by atoms with van der Waals surface area (Å²) < 4.78 is 0. The highest BCUT2D eigenvalue weighted by molar-refractivity contribution is 6.05. The van der Waals surface area contributed by atoms with Crippen LogP contribution in [-0.4, -0.2) is 22.6 Å². The molecule has 0 aliphatic rings. The number of aliphatic carboxylic acids is 1. The fourth-order valence-electron chi connectivity index (χ4n) is 0.576. The van der Waals surface area contributed by atoms with Crippen molar-refractivity contribution in [1.82, 2.24) is 0 Å². The van der Waals surface area contributed by atoms with Crippen molar-refractivity contribution in [2.75, 3.05) is 0 Å². The normalized spacial score (nSPS) is 9.18. The van der Waals surface area contributed by atoms with Gasteiger partial charge in [-0.3, -0.25) is 14.4 Å². The monoisotopic (exact) mass is 158 g/mol. The molecule has 0 rings (SSSR count). The zero-order valence-corrected chi connectivity index (χ0v) is 6.29. The van der Waals surface area contributed by atoms with Crippen LogP contribution >= 0.6 is 0 Å². The number of carbonyl (C=O) groups is 3. The van der Waals surface area contributed by atoms with Gasteiger partial charge in [0.15, 0.2) is 5.78 Å². The molecule has 1 N–H and O–H groups in total. The Balaban J connectivity index is 3.70. The maximum Gasteiger partial charge on any atom is 0.310 e. The Morgan fingerprint density at radius 3 is 2.00 bits per heavy atom. The third-order valence-electron chi connectivity index (χ3n) is 1.14. The van der Waals surface area contributed by atoms with E-state index in [1.54, 1.807) is 6.92 Å². The molecule has 0 heterocycles. The SMILES string of the molecule is CCC(=O)CC(=O)CC(=O)O. The summed E-state index contributed by atoms with van der Waals surface area (Å²) in [5.74, 6) is -1.92. The van der Waals surface area contributed by atoms with E-state index in [2.05, 4.69) is 0 Å². The van der Waals surface area contributed by atoms with Crippen LogP contribution in [-0.2, 0) is 14.4 Å². The highest BCUT2D eigenvalue weighted by Crippen LogP contribution is 1.94. The van der Waals surface area contributed by atoms with E-state index in [4.69, 9.17) is 5.11 Å². The summed E-state index contributed by atoms with van der Waals surface area (Å²) in [5, 5.41) is 8.14. The maximum atomic E-state index is 10.6. The number of carboxylic acids is 1. The van der Waals surface area contributed by atoms with Gasteiger partial charge in [0.2, 0.25) is 0 Å². The minimum absolute atomic E-state index is 0.212. The van der Waals surface area contributed by atoms with E-state index in [1.807, 2.05) is 0 Å². The smallest absolute Gasteiger partial charge is 0.310 e. The molecule has 11 heavy (non-hydrogen) atoms. The van der Waals surface area contributed by atoms with Crippen LogP contribution in [0.5, 0.6) is 0 Å². The van der Waals surface area contributed by atoms with E-state index < -0.39 is 18.2 Å². The van der Waals surface area contributed by atoms with Crippen molar-refractivity contribution < 1.29 is 19.5 Å². The molecule has 0 saturated carbocycles. The molecular weight excluding hydrogens is 148 g/mol. The van der Waals surface area contributed by atoms with Crippen molar-refractivity contribution in [2.24, 2.45) is 0 Å². The number of hydrogen-bond donors (Lipinski definition) is 1. The number of hydrogen-bond acceptors (Lipinski definition) is 3. The van der Waals surface area contributed by atoms with E-state index in [0.717, 1.165) is 0 Å². The molecule has 0 radical (unpaired) electrons. The second kappa shape index (κ2) is 4.60. The largest absolute Gasteiger partial charge is 0.481 e. The van der Waals surface area contributed by atoms with Gasteiger partial charge in [-0.2, -0.15) is 0 Å². The predicted octanol–water partition coefficient (Wildman–Crippen LogP) is 0.399. The first-order chi connectivity index (χ1) is 5.06. The predicted molar refractivity (Wildman–Crippen MR) is 37.2 cm³/mol. The Bertz CT molecular complexity index is 183. The zero-order valence-electron chi connectivity index (χ0n) is 6.29. The molecule has 0 atom stereocenters. The summed E-state index contributed by atoms with van der Waals surface area (Å²) in [7, 11) is 0. The average Bonchev–Trinajstić information content (AvgIpc) is 1.85. The fourth-order valence-corrected chi connectivity index (χ4v) is 0.576. The van der Waals surface area contributed by atoms with Gasteiger partial charge in [-0.15, -0.1) is 0 Å². The van der Waals surface area contributed by atoms with E-state index in [9.17, 15) is 14.4 Å². The van der Waals surface area contributed by atoms with Crippen molar-refractivity contribution in [3.8, 4) is 0 Å². The van der Waals surface area contributed by atoms with Crippen LogP contribution in [0.25, 0.3) is 0 Å². The molecule has 0 spiro atoms. The summed E-state index contributed by atoms with van der Waals surface area (Å²) in [6.45, 7) is 1.64. The minimum Gasteiger partial charge on any atom is -0.481 e. The molecule has 0 unspecified atom stereocenters. The second-order valence-corrected chi connectivity index (χ2v) is 2.18. The van der Waals surface area contributed by atoms with Crippen molar-refractivity contribution in [3.05, 3.63) is 0 Å². The summed E-state index contributed by atoms with van der Waals surface area (Å²) in [4.78, 5) is 31.2. The second-order valence-electron chi connectivity index (χ2n) is 2.18. The highest BCUT2D eigenvalue weighted by Gasteiger charge is 2.10. The summed E-state index contributed by atoms with van der Waals surface area (Å²) in [5.41, 5.74) is 0. The first-order valence-corrected chi connectivity index (χ1v) is 3.31. The molecule has 4 nitrogen and oxygen atoms in total. The summed E-state index contributed by atoms with van der Waals surface area (Å²) >= 11 is 0. The fraction of sp³-hybridized carbons (Fsp3) is 0.571. The van der Waals surface area contributed by atoms with Gasteiger partial charge >= 0.3 is 5.97 Å². The van der Waals surface area contributed by atoms with Crippen molar-refractivity contribution in [1.29, 1.82) is 0 Å². The maximum absolute atomic E-state index is 10.6. The number of ketones is 2. The molecule has 0 fully saturated rings. The number of rotatable bonds is 5. The third kappa shape index (κ3) is 5.26. The van der Waals surface area contributed by atoms with Crippen LogP contribution in [0.3, 0.4) is 0 Å². The standard InChI is InChI=1S/C7H10O4/c1-2-5(8)3-6(9)4-7(10)11/h2-4H2,1H3,(H,10,11). The lowest BCUT2D eigenvalue weighted by atomic mass is 10.1. The zero-order chi connectivity index (χ0) is 8.85. The van der Waals surface area contributed by atoms with Gasteiger partial charge in [0.25, 0.3) is 0 Å². The molecule has 0 aromatic heterocycles. The summed E-state index contributed by atoms with van der Waals surface area (Å²) in [6, 6.07) is 0. The number of Topliss-reactive ketones (excluding diaryl/α,β-unsaturated/α-hetero) is 2. The number of carboxylic acid groups (broad SMARTS) is 1. The summed E-state index contributed by atoms with van der Waals surface area (Å²) in [6.07, 6.45) is -0.514. The molecule has 62 valence electrons. The molecule has 0 aliphatic heterocycles. The van der Waals surface area contributed by atoms with Crippen molar-refractivity contribution in [2.45, 2.75) is 26.2 Å². The van der Waals surface area contributed by atoms with Crippen LogP contribution in [0.4, 0.5) is 0 Å². The van der Waals surface area contributed by atoms with Crippen LogP contribution in [0, 0.1) is 0 Å². The first-order valence-electron chi connectivity index (χ1n) is 3.31. The number of carbonyl (C=O) groups excluding carboxylic acids is 2. The Morgan fingerprint density at radius 2 is 1.64 bits per heavy atom. The molecular formula is C7H10O4. The van der Waals surface area contributed by atoms with E-state index >= 15 is 0 Å². The molecule has 0 bridgehead atoms. The van der Waals surface area contributed by atoms with Crippen LogP contribution in [0.1, 0.15) is 26.2 Å². The third-order valence-corrected chi connectivity index (χ3v) is 1.14. The molecule has 4 heteroatoms. The van der Waals surface area contributed by atoms with Gasteiger partial charge in [-0.25, -0.2) is 0 Å². The minimum atomic E-state index is -1.18. The van der Waals surface area contributed by atoms with Gasteiger partial charge < -0.3 is 5.11 Å². The van der Waals surface area contributed by atoms with E-state index in [-0.39, 0.29) is 18.6 Å². The Kier molecular flexibility index (Phi) is 4.10. The molecule has 0 aliphatic carbocycles. The Hall–Kier alpha value is -1.19. The Labute approximate surface area is 64.2 Å². The van der Waals surface area contributed by atoms with Gasteiger partial charge in [0, 0.05) is 6.42 Å². The topological polar surface area (TPSA) is 71.4 Å². The molecule has 0 aromatic rings. The van der Waals surface area contributed by atoms with Crippen molar-refractivity contribution >= 4 is 17.5 Å². The van der Waals surface area contributed by atoms with Gasteiger partial charge in [0.1, 0.15) is 12.2 Å². The van der Waals surface area contributed by atoms with E-state index in [1.165, 1.54) is 0 Å². The van der Waals surface area contributed by atoms with E-state index in [0.29, 0.717) is 0 Å². The Morgan fingerprint density at radius 1 is 1.09 bits per heavy atom. The lowest BCUT2D eigenvalue weighted by Crippen LogP contribution is -2.11. The molecule has 0 aromatic carbocycles. The van der Waals surface area contributed by atoms with Gasteiger partial charge in [-0.1, -0.05) is 6.92 Å². The van der Waals surface area contributed by atoms with Crippen LogP contribution in [0.2, 0.25) is 0 Å². The molecule has 0 amide bonds. The average molecular weight is 158 g/mol. The van der Waals surface area contributed by atoms with Crippen molar-refractivity contribution in [3.63, 3.8) is 0 Å². The van der Waals surface area contributed by atoms with Crippen LogP contribution < -0.4 is 0 Å². The molecule has 0 saturated heterocycles. The first kappa shape index (κ1) is 9.81. The lowest BCUT2D eigenvalue weighted by molar-refractivity contribution is -0.140. The van der Waals surface area contributed by atoms with Crippen LogP contribution in [0.15, 0.2) is 0 Å².